The van der Waals surface area contributed by atoms with Gasteiger partial charge in [0.15, 0.2) is 10.9 Å². The van der Waals surface area contributed by atoms with Crippen LogP contribution in [0.5, 0.6) is 5.75 Å². The number of thiocarbonyl (C=S) groups is 1. The summed E-state index contributed by atoms with van der Waals surface area (Å²) in [7, 11) is 0. The van der Waals surface area contributed by atoms with Crippen molar-refractivity contribution in [2.75, 3.05) is 10.6 Å². The van der Waals surface area contributed by atoms with Gasteiger partial charge in [-0.3, -0.25) is 4.68 Å². The number of aryl methyl sites for hydroxylation is 2. The number of aromatic nitrogens is 2. The second kappa shape index (κ2) is 9.59. The number of alkyl halides is 2. The lowest BCUT2D eigenvalue weighted by atomic mass is 10.2. The SMILES string of the molecule is Cc1ccc(NC(=S)Nc2cc(C)n(Cc3ccc(Cl)cc3Cl)n2)c(OC(F)F)c1. The highest BCUT2D eigenvalue weighted by Gasteiger charge is 2.13. The first-order chi connectivity index (χ1) is 14.2. The van der Waals surface area contributed by atoms with E-state index in [2.05, 4.69) is 20.5 Å². The minimum atomic E-state index is -2.94. The molecule has 3 rings (SSSR count). The van der Waals surface area contributed by atoms with Gasteiger partial charge in [0.05, 0.1) is 12.2 Å². The van der Waals surface area contributed by atoms with Crippen molar-refractivity contribution < 1.29 is 13.5 Å². The van der Waals surface area contributed by atoms with E-state index in [1.165, 1.54) is 6.07 Å². The molecule has 2 N–H and O–H groups in total. The molecule has 2 aromatic carbocycles. The third kappa shape index (κ3) is 5.81. The maximum absolute atomic E-state index is 12.7. The molecule has 1 aromatic heterocycles. The lowest BCUT2D eigenvalue weighted by Gasteiger charge is -2.14. The van der Waals surface area contributed by atoms with Gasteiger partial charge in [0.1, 0.15) is 5.75 Å². The van der Waals surface area contributed by atoms with E-state index in [0.717, 1.165) is 16.8 Å². The van der Waals surface area contributed by atoms with Crippen LogP contribution in [0.1, 0.15) is 16.8 Å². The largest absolute Gasteiger partial charge is 0.433 e. The average molecular weight is 471 g/mol. The Labute approximate surface area is 187 Å². The predicted molar refractivity (Wildman–Crippen MR) is 120 cm³/mol. The number of ether oxygens (including phenoxy) is 1. The molecule has 0 bridgehead atoms. The van der Waals surface area contributed by atoms with E-state index in [0.29, 0.717) is 28.1 Å². The summed E-state index contributed by atoms with van der Waals surface area (Å²) in [5.41, 5.74) is 2.85. The molecule has 0 saturated carbocycles. The van der Waals surface area contributed by atoms with Crippen molar-refractivity contribution in [3.05, 3.63) is 69.3 Å². The molecular weight excluding hydrogens is 453 g/mol. The van der Waals surface area contributed by atoms with Gasteiger partial charge in [0.2, 0.25) is 0 Å². The second-order valence-corrected chi connectivity index (χ2v) is 7.77. The van der Waals surface area contributed by atoms with E-state index >= 15 is 0 Å². The Bertz CT molecular complexity index is 1070. The Hall–Kier alpha value is -2.42. The fourth-order valence-corrected chi connectivity index (χ4v) is 3.42. The minimum absolute atomic E-state index is 0.00763. The first-order valence-electron chi connectivity index (χ1n) is 8.83. The van der Waals surface area contributed by atoms with Crippen molar-refractivity contribution >= 4 is 52.0 Å². The van der Waals surface area contributed by atoms with Gasteiger partial charge in [-0.25, -0.2) is 0 Å². The summed E-state index contributed by atoms with van der Waals surface area (Å²) in [6.45, 7) is 1.19. The molecule has 0 spiro atoms. The Morgan fingerprint density at radius 1 is 1.13 bits per heavy atom. The highest BCUT2D eigenvalue weighted by atomic mass is 35.5. The first kappa shape index (κ1) is 22.3. The van der Waals surface area contributed by atoms with Gasteiger partial charge in [-0.15, -0.1) is 0 Å². The fraction of sp³-hybridized carbons (Fsp3) is 0.200. The molecule has 0 amide bonds. The van der Waals surface area contributed by atoms with Crippen LogP contribution < -0.4 is 15.4 Å². The fourth-order valence-electron chi connectivity index (χ4n) is 2.74. The predicted octanol–water partition coefficient (Wildman–Crippen LogP) is 6.27. The molecule has 10 heteroatoms. The topological polar surface area (TPSA) is 51.1 Å². The maximum atomic E-state index is 12.7. The van der Waals surface area contributed by atoms with Crippen LogP contribution in [0.4, 0.5) is 20.3 Å². The molecule has 30 heavy (non-hydrogen) atoms. The van der Waals surface area contributed by atoms with Crippen molar-refractivity contribution in [1.82, 2.24) is 9.78 Å². The van der Waals surface area contributed by atoms with Gasteiger partial charge in [-0.05, 0) is 61.5 Å². The Balaban J connectivity index is 1.70. The van der Waals surface area contributed by atoms with E-state index in [-0.39, 0.29) is 10.9 Å². The molecule has 0 aliphatic carbocycles. The molecule has 0 fully saturated rings. The molecule has 5 nitrogen and oxygen atoms in total. The first-order valence-corrected chi connectivity index (χ1v) is 9.99. The van der Waals surface area contributed by atoms with E-state index in [1.54, 1.807) is 35.9 Å². The van der Waals surface area contributed by atoms with Crippen LogP contribution in [0.3, 0.4) is 0 Å². The van der Waals surface area contributed by atoms with Crippen molar-refractivity contribution in [3.63, 3.8) is 0 Å². The van der Waals surface area contributed by atoms with Crippen LogP contribution in [-0.2, 0) is 6.54 Å². The third-order valence-electron chi connectivity index (χ3n) is 4.16. The third-order valence-corrected chi connectivity index (χ3v) is 4.95. The standard InChI is InChI=1S/C20H18Cl2F2N4OS/c1-11-3-6-16(17(7-11)29-19(23)24)25-20(30)26-18-8-12(2)28(27-18)10-13-4-5-14(21)9-15(13)22/h3-9,19H,10H2,1-2H3,(H2,25,26,27,30). The van der Waals surface area contributed by atoms with Crippen molar-refractivity contribution in [2.24, 2.45) is 0 Å². The molecule has 0 atom stereocenters. The van der Waals surface area contributed by atoms with Crippen molar-refractivity contribution in [2.45, 2.75) is 27.0 Å². The van der Waals surface area contributed by atoms with Crippen LogP contribution >= 0.6 is 35.4 Å². The zero-order chi connectivity index (χ0) is 21.8. The molecule has 0 unspecified atom stereocenters. The molecule has 0 radical (unpaired) electrons. The second-order valence-electron chi connectivity index (χ2n) is 6.52. The number of anilines is 2. The zero-order valence-electron chi connectivity index (χ0n) is 16.0. The van der Waals surface area contributed by atoms with Gasteiger partial charge >= 0.3 is 6.61 Å². The molecule has 3 aromatic rings. The minimum Gasteiger partial charge on any atom is -0.433 e. The van der Waals surface area contributed by atoms with Gasteiger partial charge in [0, 0.05) is 21.8 Å². The van der Waals surface area contributed by atoms with Gasteiger partial charge in [0.25, 0.3) is 0 Å². The van der Waals surface area contributed by atoms with E-state index in [9.17, 15) is 8.78 Å². The number of hydrogen-bond donors (Lipinski definition) is 2. The van der Waals surface area contributed by atoms with Crippen LogP contribution in [0.2, 0.25) is 10.0 Å². The number of nitrogens with zero attached hydrogens (tertiary/aromatic N) is 2. The summed E-state index contributed by atoms with van der Waals surface area (Å²) >= 11 is 17.5. The Kier molecular flexibility index (Phi) is 7.12. The lowest BCUT2D eigenvalue weighted by Crippen LogP contribution is -2.20. The number of halogens is 4. The molecular formula is C20H18Cl2F2N4OS. The summed E-state index contributed by atoms with van der Waals surface area (Å²) in [6.07, 6.45) is 0. The van der Waals surface area contributed by atoms with Crippen LogP contribution in [-0.4, -0.2) is 21.5 Å². The van der Waals surface area contributed by atoms with Gasteiger partial charge in [-0.2, -0.15) is 13.9 Å². The lowest BCUT2D eigenvalue weighted by molar-refractivity contribution is -0.0493. The molecule has 1 heterocycles. The normalized spacial score (nSPS) is 10.9. The molecule has 158 valence electrons. The quantitative estimate of drug-likeness (QED) is 0.416. The Morgan fingerprint density at radius 3 is 2.60 bits per heavy atom. The maximum Gasteiger partial charge on any atom is 0.387 e. The van der Waals surface area contributed by atoms with Crippen LogP contribution in [0.25, 0.3) is 0 Å². The highest BCUT2D eigenvalue weighted by molar-refractivity contribution is 7.80. The van der Waals surface area contributed by atoms with Crippen molar-refractivity contribution in [1.29, 1.82) is 0 Å². The van der Waals surface area contributed by atoms with Crippen molar-refractivity contribution in [3.8, 4) is 5.75 Å². The Morgan fingerprint density at radius 2 is 1.90 bits per heavy atom. The monoisotopic (exact) mass is 470 g/mol. The molecule has 0 saturated heterocycles. The summed E-state index contributed by atoms with van der Waals surface area (Å²) in [6, 6.07) is 12.0. The number of benzene rings is 2. The summed E-state index contributed by atoms with van der Waals surface area (Å²) in [5, 5.41) is 11.6. The molecule has 0 aliphatic rings. The zero-order valence-corrected chi connectivity index (χ0v) is 18.4. The number of hydrogen-bond acceptors (Lipinski definition) is 3. The van der Waals surface area contributed by atoms with E-state index in [4.69, 9.17) is 35.4 Å². The molecule has 0 aliphatic heterocycles. The van der Waals surface area contributed by atoms with Crippen LogP contribution in [0.15, 0.2) is 42.5 Å². The van der Waals surface area contributed by atoms with Gasteiger partial charge < -0.3 is 15.4 Å². The summed E-state index contributed by atoms with van der Waals surface area (Å²) < 4.78 is 31.7. The van der Waals surface area contributed by atoms with E-state index in [1.807, 2.05) is 19.1 Å². The number of nitrogens with one attached hydrogen (secondary N) is 2. The average Bonchev–Trinajstić information content (AvgIpc) is 2.98. The smallest absolute Gasteiger partial charge is 0.387 e. The van der Waals surface area contributed by atoms with E-state index < -0.39 is 6.61 Å². The summed E-state index contributed by atoms with van der Waals surface area (Å²) in [5.74, 6) is 0.506. The highest BCUT2D eigenvalue weighted by Crippen LogP contribution is 2.28. The summed E-state index contributed by atoms with van der Waals surface area (Å²) in [4.78, 5) is 0. The number of rotatable bonds is 6. The van der Waals surface area contributed by atoms with Crippen LogP contribution in [0, 0.1) is 13.8 Å². The van der Waals surface area contributed by atoms with Gasteiger partial charge in [-0.1, -0.05) is 35.3 Å².